The number of ether oxygens (including phenoxy) is 1. The highest BCUT2D eigenvalue weighted by Crippen LogP contribution is 2.23. The van der Waals surface area contributed by atoms with E-state index in [0.29, 0.717) is 5.69 Å². The van der Waals surface area contributed by atoms with Crippen LogP contribution in [0.3, 0.4) is 0 Å². The quantitative estimate of drug-likeness (QED) is 0.854. The highest BCUT2D eigenvalue weighted by Gasteiger charge is 2.31. The van der Waals surface area contributed by atoms with E-state index in [1.807, 2.05) is 6.07 Å². The van der Waals surface area contributed by atoms with Crippen molar-refractivity contribution in [1.82, 2.24) is 5.32 Å². The van der Waals surface area contributed by atoms with Crippen molar-refractivity contribution in [2.45, 2.75) is 25.0 Å². The molecule has 0 bridgehead atoms. The predicted octanol–water partition coefficient (Wildman–Crippen LogP) is 1.46. The molecule has 2 N–H and O–H groups in total. The summed E-state index contributed by atoms with van der Waals surface area (Å²) in [6.45, 7) is -0.365. The lowest BCUT2D eigenvalue weighted by atomic mass is 9.89. The van der Waals surface area contributed by atoms with Gasteiger partial charge in [0.2, 0.25) is 0 Å². The first-order valence-electron chi connectivity index (χ1n) is 6.48. The number of carbonyl (C=O) groups excluding carboxylic acids is 1. The Kier molecular flexibility index (Phi) is 4.57. The Labute approximate surface area is 117 Å². The number of hydrogen-bond donors (Lipinski definition) is 2. The van der Waals surface area contributed by atoms with Gasteiger partial charge >= 0.3 is 12.0 Å². The van der Waals surface area contributed by atoms with Gasteiger partial charge in [0.1, 0.15) is 6.54 Å². The van der Waals surface area contributed by atoms with Crippen LogP contribution in [0.5, 0.6) is 0 Å². The lowest BCUT2D eigenvalue weighted by molar-refractivity contribution is -0.135. The standard InChI is InChI=1S/C14H18N2O4/c1-20-12-7-10(8-12)15-14(19)16(9-13(17)18)11-5-3-2-4-6-11/h2-6,10,12H,7-9H2,1H3,(H,15,19)(H,17,18). The van der Waals surface area contributed by atoms with Crippen LogP contribution in [0.25, 0.3) is 0 Å². The predicted molar refractivity (Wildman–Crippen MR) is 73.8 cm³/mol. The maximum atomic E-state index is 12.2. The average Bonchev–Trinajstić information content (AvgIpc) is 2.40. The van der Waals surface area contributed by atoms with E-state index >= 15 is 0 Å². The van der Waals surface area contributed by atoms with Gasteiger partial charge in [0.25, 0.3) is 0 Å². The van der Waals surface area contributed by atoms with E-state index in [9.17, 15) is 9.59 Å². The normalized spacial score (nSPS) is 20.9. The second kappa shape index (κ2) is 6.38. The Morgan fingerprint density at radius 1 is 1.35 bits per heavy atom. The van der Waals surface area contributed by atoms with Gasteiger partial charge in [-0.2, -0.15) is 0 Å². The molecular weight excluding hydrogens is 260 g/mol. The van der Waals surface area contributed by atoms with Crippen LogP contribution in [0, 0.1) is 0 Å². The maximum Gasteiger partial charge on any atom is 0.323 e. The molecule has 0 heterocycles. The zero-order chi connectivity index (χ0) is 14.5. The Hall–Kier alpha value is -2.08. The summed E-state index contributed by atoms with van der Waals surface area (Å²) in [5.74, 6) is -1.05. The van der Waals surface area contributed by atoms with Crippen molar-refractivity contribution in [2.24, 2.45) is 0 Å². The first kappa shape index (κ1) is 14.3. The number of carbonyl (C=O) groups is 2. The van der Waals surface area contributed by atoms with E-state index in [1.165, 1.54) is 4.90 Å². The Balaban J connectivity index is 2.00. The SMILES string of the molecule is COC1CC(NC(=O)N(CC(=O)O)c2ccccc2)C1. The Morgan fingerprint density at radius 3 is 2.55 bits per heavy atom. The molecule has 0 atom stereocenters. The average molecular weight is 278 g/mol. The molecule has 1 aliphatic carbocycles. The summed E-state index contributed by atoms with van der Waals surface area (Å²) in [5, 5.41) is 11.8. The molecule has 0 unspecified atom stereocenters. The van der Waals surface area contributed by atoms with Gasteiger partial charge in [-0.3, -0.25) is 9.69 Å². The molecule has 0 aliphatic heterocycles. The number of hydrogen-bond acceptors (Lipinski definition) is 3. The third kappa shape index (κ3) is 3.48. The molecule has 6 nitrogen and oxygen atoms in total. The fourth-order valence-corrected chi connectivity index (χ4v) is 2.15. The fraction of sp³-hybridized carbons (Fsp3) is 0.429. The van der Waals surface area contributed by atoms with Crippen LogP contribution in [-0.2, 0) is 9.53 Å². The van der Waals surface area contributed by atoms with Crippen LogP contribution in [0.1, 0.15) is 12.8 Å². The molecule has 0 saturated heterocycles. The third-order valence-corrected chi connectivity index (χ3v) is 3.36. The van der Waals surface area contributed by atoms with Gasteiger partial charge < -0.3 is 15.2 Å². The number of benzene rings is 1. The monoisotopic (exact) mass is 278 g/mol. The number of urea groups is 1. The van der Waals surface area contributed by atoms with Gasteiger partial charge in [-0.25, -0.2) is 4.79 Å². The summed E-state index contributed by atoms with van der Waals surface area (Å²) >= 11 is 0. The number of anilines is 1. The van der Waals surface area contributed by atoms with Crippen LogP contribution in [-0.4, -0.2) is 42.9 Å². The molecule has 0 radical (unpaired) electrons. The fourth-order valence-electron chi connectivity index (χ4n) is 2.15. The maximum absolute atomic E-state index is 12.2. The van der Waals surface area contributed by atoms with Gasteiger partial charge in [-0.1, -0.05) is 18.2 Å². The molecule has 0 aromatic heterocycles. The number of nitrogens with zero attached hydrogens (tertiary/aromatic N) is 1. The lowest BCUT2D eigenvalue weighted by Crippen LogP contribution is -2.52. The number of nitrogens with one attached hydrogen (secondary N) is 1. The molecule has 1 aliphatic rings. The number of carboxylic acids is 1. The van der Waals surface area contributed by atoms with E-state index in [4.69, 9.17) is 9.84 Å². The van der Waals surface area contributed by atoms with Crippen molar-refractivity contribution in [1.29, 1.82) is 0 Å². The number of amides is 2. The number of aliphatic carboxylic acids is 1. The number of methoxy groups -OCH3 is 1. The molecule has 6 heteroatoms. The molecule has 2 rings (SSSR count). The molecule has 20 heavy (non-hydrogen) atoms. The molecule has 1 saturated carbocycles. The van der Waals surface area contributed by atoms with Gasteiger partial charge in [-0.15, -0.1) is 0 Å². The van der Waals surface area contributed by atoms with Crippen molar-refractivity contribution in [3.8, 4) is 0 Å². The zero-order valence-electron chi connectivity index (χ0n) is 11.3. The molecule has 108 valence electrons. The summed E-state index contributed by atoms with van der Waals surface area (Å²) in [5.41, 5.74) is 0.565. The van der Waals surface area contributed by atoms with Crippen molar-refractivity contribution in [2.75, 3.05) is 18.6 Å². The second-order valence-electron chi connectivity index (χ2n) is 4.79. The summed E-state index contributed by atoms with van der Waals surface area (Å²) < 4.78 is 5.15. The first-order valence-corrected chi connectivity index (χ1v) is 6.48. The third-order valence-electron chi connectivity index (χ3n) is 3.36. The van der Waals surface area contributed by atoms with E-state index < -0.39 is 12.0 Å². The second-order valence-corrected chi connectivity index (χ2v) is 4.79. The highest BCUT2D eigenvalue weighted by molar-refractivity contribution is 5.96. The van der Waals surface area contributed by atoms with Crippen molar-refractivity contribution < 1.29 is 19.4 Å². The summed E-state index contributed by atoms with van der Waals surface area (Å²) in [4.78, 5) is 24.3. The van der Waals surface area contributed by atoms with E-state index in [2.05, 4.69) is 5.32 Å². The van der Waals surface area contributed by atoms with E-state index in [0.717, 1.165) is 12.8 Å². The molecular formula is C14H18N2O4. The minimum absolute atomic E-state index is 0.0486. The molecule has 2 amide bonds. The highest BCUT2D eigenvalue weighted by atomic mass is 16.5. The number of para-hydroxylation sites is 1. The van der Waals surface area contributed by atoms with Crippen LogP contribution in [0.4, 0.5) is 10.5 Å². The van der Waals surface area contributed by atoms with E-state index in [1.54, 1.807) is 31.4 Å². The van der Waals surface area contributed by atoms with Gasteiger partial charge in [0.15, 0.2) is 0 Å². The summed E-state index contributed by atoms with van der Waals surface area (Å²) in [6.07, 6.45) is 1.71. The van der Waals surface area contributed by atoms with Crippen molar-refractivity contribution in [3.05, 3.63) is 30.3 Å². The Morgan fingerprint density at radius 2 is 2.00 bits per heavy atom. The number of carboxylic acid groups (broad SMARTS) is 1. The van der Waals surface area contributed by atoms with Gasteiger partial charge in [-0.05, 0) is 25.0 Å². The largest absolute Gasteiger partial charge is 0.480 e. The first-order chi connectivity index (χ1) is 9.60. The minimum atomic E-state index is -1.05. The number of rotatable bonds is 5. The molecule has 1 aromatic carbocycles. The molecule has 0 spiro atoms. The minimum Gasteiger partial charge on any atom is -0.480 e. The summed E-state index contributed by atoms with van der Waals surface area (Å²) in [7, 11) is 1.64. The topological polar surface area (TPSA) is 78.9 Å². The summed E-state index contributed by atoms with van der Waals surface area (Å²) in [6, 6.07) is 8.42. The smallest absolute Gasteiger partial charge is 0.323 e. The van der Waals surface area contributed by atoms with Crippen LogP contribution in [0.15, 0.2) is 30.3 Å². The van der Waals surface area contributed by atoms with Crippen molar-refractivity contribution >= 4 is 17.7 Å². The van der Waals surface area contributed by atoms with Crippen LogP contribution < -0.4 is 10.2 Å². The van der Waals surface area contributed by atoms with Crippen LogP contribution in [0.2, 0.25) is 0 Å². The molecule has 1 fully saturated rings. The van der Waals surface area contributed by atoms with Gasteiger partial charge in [0, 0.05) is 18.8 Å². The van der Waals surface area contributed by atoms with Crippen molar-refractivity contribution in [3.63, 3.8) is 0 Å². The Bertz CT molecular complexity index is 471. The molecule has 1 aromatic rings. The van der Waals surface area contributed by atoms with Crippen LogP contribution >= 0.6 is 0 Å². The van der Waals surface area contributed by atoms with E-state index in [-0.39, 0.29) is 18.7 Å². The zero-order valence-corrected chi connectivity index (χ0v) is 11.3. The van der Waals surface area contributed by atoms with Gasteiger partial charge in [0.05, 0.1) is 6.10 Å². The lowest BCUT2D eigenvalue weighted by Gasteiger charge is -2.36.